The summed E-state index contributed by atoms with van der Waals surface area (Å²) in [5, 5.41) is 2.67. The SMILES string of the molecule is CCOc1ccccc1N(CC(=O)Nc1ccc(S(=O)(=O)Nc2ccc(C)cc2C)cc1)S(=O)(=O)c1ccc(SC)cc1. The average molecular weight is 640 g/mol. The summed E-state index contributed by atoms with van der Waals surface area (Å²) >= 11 is 1.48. The number of rotatable bonds is 12. The van der Waals surface area contributed by atoms with Gasteiger partial charge in [0.15, 0.2) is 0 Å². The molecule has 226 valence electrons. The quantitative estimate of drug-likeness (QED) is 0.181. The molecule has 0 heterocycles. The summed E-state index contributed by atoms with van der Waals surface area (Å²) in [5.41, 5.74) is 2.79. The molecule has 12 heteroatoms. The fourth-order valence-electron chi connectivity index (χ4n) is 4.30. The first-order valence-corrected chi connectivity index (χ1v) is 17.5. The Morgan fingerprint density at radius 2 is 1.51 bits per heavy atom. The number of hydrogen-bond acceptors (Lipinski definition) is 7. The zero-order chi connectivity index (χ0) is 31.2. The molecule has 0 fully saturated rings. The maximum Gasteiger partial charge on any atom is 0.264 e. The topological polar surface area (TPSA) is 122 Å². The minimum absolute atomic E-state index is 0.00834. The van der Waals surface area contributed by atoms with Crippen LogP contribution in [0.2, 0.25) is 0 Å². The van der Waals surface area contributed by atoms with E-state index in [1.54, 1.807) is 49.4 Å². The monoisotopic (exact) mass is 639 g/mol. The van der Waals surface area contributed by atoms with Gasteiger partial charge in [0.05, 0.1) is 27.8 Å². The van der Waals surface area contributed by atoms with Crippen LogP contribution in [0.4, 0.5) is 17.1 Å². The Bertz CT molecular complexity index is 1810. The maximum atomic E-state index is 13.8. The number of ether oxygens (including phenoxy) is 1. The van der Waals surface area contributed by atoms with E-state index in [1.807, 2.05) is 32.2 Å². The Balaban J connectivity index is 1.57. The molecular formula is C31H33N3O6S3. The van der Waals surface area contributed by atoms with Crippen molar-refractivity contribution in [2.75, 3.05) is 33.8 Å². The van der Waals surface area contributed by atoms with Gasteiger partial charge in [-0.3, -0.25) is 13.8 Å². The van der Waals surface area contributed by atoms with E-state index < -0.39 is 32.5 Å². The van der Waals surface area contributed by atoms with Crippen LogP contribution >= 0.6 is 11.8 Å². The molecule has 9 nitrogen and oxygen atoms in total. The lowest BCUT2D eigenvalue weighted by Crippen LogP contribution is -2.38. The number of anilines is 3. The van der Waals surface area contributed by atoms with E-state index in [1.165, 1.54) is 48.2 Å². The molecule has 0 aromatic heterocycles. The van der Waals surface area contributed by atoms with Crippen LogP contribution in [0.1, 0.15) is 18.1 Å². The molecule has 1 amide bonds. The molecule has 4 aromatic carbocycles. The van der Waals surface area contributed by atoms with Crippen LogP contribution in [0.3, 0.4) is 0 Å². The summed E-state index contributed by atoms with van der Waals surface area (Å²) in [5.74, 6) is -0.312. The van der Waals surface area contributed by atoms with Crippen molar-refractivity contribution in [2.24, 2.45) is 0 Å². The number of para-hydroxylation sites is 2. The number of aryl methyl sites for hydroxylation is 2. The fourth-order valence-corrected chi connectivity index (χ4v) is 7.27. The highest BCUT2D eigenvalue weighted by Crippen LogP contribution is 2.33. The van der Waals surface area contributed by atoms with E-state index in [-0.39, 0.29) is 15.5 Å². The molecule has 0 spiro atoms. The zero-order valence-corrected chi connectivity index (χ0v) is 26.6. The van der Waals surface area contributed by atoms with Crippen molar-refractivity contribution < 1.29 is 26.4 Å². The number of thioether (sulfide) groups is 1. The van der Waals surface area contributed by atoms with Crippen LogP contribution in [0.5, 0.6) is 5.75 Å². The Hall–Kier alpha value is -4.00. The molecule has 0 aliphatic rings. The second-order valence-corrected chi connectivity index (χ2v) is 14.0. The van der Waals surface area contributed by atoms with E-state index in [0.29, 0.717) is 23.7 Å². The molecule has 4 rings (SSSR count). The van der Waals surface area contributed by atoms with Crippen molar-refractivity contribution in [3.05, 3.63) is 102 Å². The second kappa shape index (κ2) is 13.5. The number of benzene rings is 4. The number of carbonyl (C=O) groups is 1. The fraction of sp³-hybridized carbons (Fsp3) is 0.194. The number of carbonyl (C=O) groups excluding carboxylic acids is 1. The lowest BCUT2D eigenvalue weighted by molar-refractivity contribution is -0.114. The van der Waals surface area contributed by atoms with E-state index in [0.717, 1.165) is 20.3 Å². The van der Waals surface area contributed by atoms with Crippen LogP contribution in [0, 0.1) is 13.8 Å². The maximum absolute atomic E-state index is 13.8. The molecule has 43 heavy (non-hydrogen) atoms. The van der Waals surface area contributed by atoms with Gasteiger partial charge < -0.3 is 10.1 Å². The van der Waals surface area contributed by atoms with Crippen LogP contribution < -0.4 is 19.1 Å². The molecule has 0 atom stereocenters. The van der Waals surface area contributed by atoms with Crippen molar-refractivity contribution >= 4 is 54.8 Å². The lowest BCUT2D eigenvalue weighted by atomic mass is 10.1. The molecular weight excluding hydrogens is 607 g/mol. The molecule has 0 radical (unpaired) electrons. The highest BCUT2D eigenvalue weighted by atomic mass is 32.2. The number of amides is 1. The minimum atomic E-state index is -4.17. The van der Waals surface area contributed by atoms with E-state index in [2.05, 4.69) is 10.0 Å². The number of sulfonamides is 2. The number of hydrogen-bond donors (Lipinski definition) is 2. The summed E-state index contributed by atoms with van der Waals surface area (Å²) in [6.07, 6.45) is 1.89. The largest absolute Gasteiger partial charge is 0.492 e. The summed E-state index contributed by atoms with van der Waals surface area (Å²) in [6, 6.07) is 24.0. The van der Waals surface area contributed by atoms with Gasteiger partial charge in [0, 0.05) is 10.6 Å². The van der Waals surface area contributed by atoms with Gasteiger partial charge >= 0.3 is 0 Å². The smallest absolute Gasteiger partial charge is 0.264 e. The number of nitrogens with zero attached hydrogens (tertiary/aromatic N) is 1. The van der Waals surface area contributed by atoms with Crippen molar-refractivity contribution in [1.29, 1.82) is 0 Å². The predicted octanol–water partition coefficient (Wildman–Crippen LogP) is 6.06. The number of nitrogens with one attached hydrogen (secondary N) is 2. The second-order valence-electron chi connectivity index (χ2n) is 9.58. The standard InChI is InChI=1S/C31H33N3O6S3/c1-5-40-30-9-7-6-8-29(30)34(43(38,39)27-17-13-25(41-4)14-18-27)21-31(35)32-24-11-15-26(16-12-24)42(36,37)33-28-19-10-22(2)20-23(28)3/h6-20,33H,5,21H2,1-4H3,(H,32,35). The first kappa shape index (κ1) is 31.9. The molecule has 0 aliphatic carbocycles. The predicted molar refractivity (Wildman–Crippen MR) is 172 cm³/mol. The minimum Gasteiger partial charge on any atom is -0.492 e. The summed E-state index contributed by atoms with van der Waals surface area (Å²) in [7, 11) is -8.05. The van der Waals surface area contributed by atoms with Gasteiger partial charge in [0.2, 0.25) is 5.91 Å². The van der Waals surface area contributed by atoms with E-state index >= 15 is 0 Å². The molecule has 2 N–H and O–H groups in total. The lowest BCUT2D eigenvalue weighted by Gasteiger charge is -2.26. The Morgan fingerprint density at radius 1 is 0.860 bits per heavy atom. The van der Waals surface area contributed by atoms with Crippen LogP contribution in [0.15, 0.2) is 106 Å². The molecule has 0 saturated carbocycles. The van der Waals surface area contributed by atoms with Gasteiger partial charge in [-0.2, -0.15) is 0 Å². The van der Waals surface area contributed by atoms with Crippen LogP contribution in [-0.4, -0.2) is 42.2 Å². The Kier molecular flexibility index (Phi) is 10.0. The third-order valence-electron chi connectivity index (χ3n) is 6.44. The van der Waals surface area contributed by atoms with E-state index in [9.17, 15) is 21.6 Å². The van der Waals surface area contributed by atoms with Gasteiger partial charge in [-0.05, 0) is 99.3 Å². The molecule has 0 bridgehead atoms. The molecule has 4 aromatic rings. The Labute approximate surface area is 257 Å². The van der Waals surface area contributed by atoms with Crippen molar-refractivity contribution in [3.8, 4) is 5.75 Å². The highest BCUT2D eigenvalue weighted by molar-refractivity contribution is 7.98. The van der Waals surface area contributed by atoms with Crippen molar-refractivity contribution in [3.63, 3.8) is 0 Å². The zero-order valence-electron chi connectivity index (χ0n) is 24.2. The van der Waals surface area contributed by atoms with Gasteiger partial charge in [0.25, 0.3) is 20.0 Å². The average Bonchev–Trinajstić information content (AvgIpc) is 2.98. The van der Waals surface area contributed by atoms with Crippen LogP contribution in [0.25, 0.3) is 0 Å². The highest BCUT2D eigenvalue weighted by Gasteiger charge is 2.29. The van der Waals surface area contributed by atoms with Crippen molar-refractivity contribution in [1.82, 2.24) is 0 Å². The van der Waals surface area contributed by atoms with Gasteiger partial charge in [-0.15, -0.1) is 11.8 Å². The van der Waals surface area contributed by atoms with Gasteiger partial charge in [-0.1, -0.05) is 29.8 Å². The third-order valence-corrected chi connectivity index (χ3v) is 10.3. The molecule has 0 saturated heterocycles. The van der Waals surface area contributed by atoms with Crippen LogP contribution in [-0.2, 0) is 24.8 Å². The first-order valence-electron chi connectivity index (χ1n) is 13.3. The molecule has 0 aliphatic heterocycles. The summed E-state index contributed by atoms with van der Waals surface area (Å²) in [6.45, 7) is 5.27. The van der Waals surface area contributed by atoms with Gasteiger partial charge in [-0.25, -0.2) is 16.8 Å². The first-order chi connectivity index (χ1) is 20.4. The normalized spacial score (nSPS) is 11.5. The molecule has 0 unspecified atom stereocenters. The summed E-state index contributed by atoms with van der Waals surface area (Å²) < 4.78 is 62.9. The van der Waals surface area contributed by atoms with Crippen molar-refractivity contribution in [2.45, 2.75) is 35.5 Å². The van der Waals surface area contributed by atoms with E-state index in [4.69, 9.17) is 4.74 Å². The summed E-state index contributed by atoms with van der Waals surface area (Å²) in [4.78, 5) is 14.2. The van der Waals surface area contributed by atoms with Gasteiger partial charge in [0.1, 0.15) is 12.3 Å². The third kappa shape index (κ3) is 7.70. The Morgan fingerprint density at radius 3 is 2.14 bits per heavy atom.